The average molecular weight is 335 g/mol. The van der Waals surface area contributed by atoms with E-state index in [1.54, 1.807) is 0 Å². The second kappa shape index (κ2) is 6.37. The second-order valence-corrected chi connectivity index (χ2v) is 5.63. The highest BCUT2D eigenvalue weighted by Gasteiger charge is 2.30. The Morgan fingerprint density at radius 1 is 1.04 bits per heavy atom. The Morgan fingerprint density at radius 3 is 2.48 bits per heavy atom. The summed E-state index contributed by atoms with van der Waals surface area (Å²) < 4.78 is 40.3. The Kier molecular flexibility index (Phi) is 4.29. The van der Waals surface area contributed by atoms with Gasteiger partial charge in [0.1, 0.15) is 5.82 Å². The van der Waals surface area contributed by atoms with Gasteiger partial charge in [-0.25, -0.2) is 4.98 Å². The maximum Gasteiger partial charge on any atom is 0.417 e. The zero-order chi connectivity index (χ0) is 16.3. The smallest absolute Gasteiger partial charge is 0.360 e. The van der Waals surface area contributed by atoms with Crippen LogP contribution in [-0.2, 0) is 6.18 Å². The molecule has 118 valence electrons. The standard InChI is InChI=1S/C16H12F3N3S/c17-16(18,19)12-6-7-15(21-9-12)22-23-13-8-14(20-10-13)11-4-2-1-3-5-11/h1-10,20H,(H,21,22). The minimum Gasteiger partial charge on any atom is -0.360 e. The van der Waals surface area contributed by atoms with Gasteiger partial charge in [-0.2, -0.15) is 13.2 Å². The molecule has 0 unspecified atom stereocenters. The van der Waals surface area contributed by atoms with E-state index in [4.69, 9.17) is 0 Å². The van der Waals surface area contributed by atoms with Crippen molar-refractivity contribution in [2.75, 3.05) is 4.72 Å². The van der Waals surface area contributed by atoms with E-state index in [1.807, 2.05) is 42.6 Å². The third-order valence-electron chi connectivity index (χ3n) is 3.11. The van der Waals surface area contributed by atoms with Gasteiger partial charge in [0, 0.05) is 23.0 Å². The largest absolute Gasteiger partial charge is 0.417 e. The van der Waals surface area contributed by atoms with Crippen molar-refractivity contribution in [2.45, 2.75) is 11.1 Å². The molecule has 0 fully saturated rings. The zero-order valence-electron chi connectivity index (χ0n) is 11.8. The number of H-pyrrole nitrogens is 1. The molecule has 0 aliphatic rings. The van der Waals surface area contributed by atoms with Gasteiger partial charge in [-0.3, -0.25) is 0 Å². The molecule has 0 aliphatic heterocycles. The van der Waals surface area contributed by atoms with Crippen molar-refractivity contribution in [3.8, 4) is 11.3 Å². The maximum atomic E-state index is 12.5. The first kappa shape index (κ1) is 15.5. The van der Waals surface area contributed by atoms with E-state index in [2.05, 4.69) is 14.7 Å². The normalized spacial score (nSPS) is 11.4. The summed E-state index contributed by atoms with van der Waals surface area (Å²) in [4.78, 5) is 7.83. The van der Waals surface area contributed by atoms with Crippen LogP contribution in [0.1, 0.15) is 5.56 Å². The molecule has 0 radical (unpaired) electrons. The number of aromatic amines is 1. The molecular weight excluding hydrogens is 323 g/mol. The number of hydrogen-bond acceptors (Lipinski definition) is 3. The lowest BCUT2D eigenvalue weighted by Crippen LogP contribution is -2.05. The van der Waals surface area contributed by atoms with Crippen LogP contribution in [0.4, 0.5) is 19.0 Å². The molecule has 0 aliphatic carbocycles. The summed E-state index contributed by atoms with van der Waals surface area (Å²) in [5, 5.41) is 0. The van der Waals surface area contributed by atoms with E-state index < -0.39 is 11.7 Å². The van der Waals surface area contributed by atoms with Gasteiger partial charge in [-0.15, -0.1) is 0 Å². The van der Waals surface area contributed by atoms with E-state index in [-0.39, 0.29) is 0 Å². The number of pyridine rings is 1. The van der Waals surface area contributed by atoms with E-state index in [9.17, 15) is 13.2 Å². The molecule has 0 amide bonds. The minimum absolute atomic E-state index is 0.366. The molecule has 1 aromatic carbocycles. The lowest BCUT2D eigenvalue weighted by atomic mass is 10.2. The molecule has 2 aromatic heterocycles. The van der Waals surface area contributed by atoms with Crippen LogP contribution >= 0.6 is 11.9 Å². The van der Waals surface area contributed by atoms with Gasteiger partial charge in [0.05, 0.1) is 5.56 Å². The zero-order valence-corrected chi connectivity index (χ0v) is 12.6. The van der Waals surface area contributed by atoms with Crippen molar-refractivity contribution >= 4 is 17.8 Å². The van der Waals surface area contributed by atoms with Crippen molar-refractivity contribution in [3.63, 3.8) is 0 Å². The predicted octanol–water partition coefficient (Wildman–Crippen LogP) is 5.21. The van der Waals surface area contributed by atoms with E-state index in [1.165, 1.54) is 18.0 Å². The summed E-state index contributed by atoms with van der Waals surface area (Å²) in [5.41, 5.74) is 1.27. The first-order valence-corrected chi connectivity index (χ1v) is 7.54. The number of hydrogen-bond donors (Lipinski definition) is 2. The molecule has 3 nitrogen and oxygen atoms in total. The fourth-order valence-corrected chi connectivity index (χ4v) is 2.59. The van der Waals surface area contributed by atoms with Crippen LogP contribution in [0.2, 0.25) is 0 Å². The fourth-order valence-electron chi connectivity index (χ4n) is 1.95. The summed E-state index contributed by atoms with van der Waals surface area (Å²) in [7, 11) is 0. The first-order valence-electron chi connectivity index (χ1n) is 6.72. The number of nitrogens with zero attached hydrogens (tertiary/aromatic N) is 1. The summed E-state index contributed by atoms with van der Waals surface area (Å²) in [5.74, 6) is 0.366. The highest BCUT2D eigenvalue weighted by molar-refractivity contribution is 8.00. The average Bonchev–Trinajstić information content (AvgIpc) is 3.02. The molecule has 2 N–H and O–H groups in total. The van der Waals surface area contributed by atoms with Gasteiger partial charge in [-0.1, -0.05) is 30.3 Å². The predicted molar refractivity (Wildman–Crippen MR) is 84.9 cm³/mol. The molecule has 0 spiro atoms. The Bertz CT molecular complexity index is 767. The monoisotopic (exact) mass is 335 g/mol. The van der Waals surface area contributed by atoms with Crippen molar-refractivity contribution in [1.29, 1.82) is 0 Å². The van der Waals surface area contributed by atoms with Gasteiger partial charge in [0.15, 0.2) is 0 Å². The highest BCUT2D eigenvalue weighted by atomic mass is 32.2. The molecule has 23 heavy (non-hydrogen) atoms. The van der Waals surface area contributed by atoms with Crippen LogP contribution in [0.3, 0.4) is 0 Å². The molecule has 3 rings (SSSR count). The van der Waals surface area contributed by atoms with E-state index >= 15 is 0 Å². The number of anilines is 1. The number of rotatable bonds is 4. The van der Waals surface area contributed by atoms with Crippen LogP contribution < -0.4 is 4.72 Å². The highest BCUT2D eigenvalue weighted by Crippen LogP contribution is 2.30. The van der Waals surface area contributed by atoms with Gasteiger partial charge in [0.2, 0.25) is 0 Å². The first-order chi connectivity index (χ1) is 11.0. The fraction of sp³-hybridized carbons (Fsp3) is 0.0625. The quantitative estimate of drug-likeness (QED) is 0.643. The number of aromatic nitrogens is 2. The maximum absolute atomic E-state index is 12.5. The lowest BCUT2D eigenvalue weighted by molar-refractivity contribution is -0.137. The second-order valence-electron chi connectivity index (χ2n) is 4.75. The van der Waals surface area contributed by atoms with E-state index in [0.29, 0.717) is 5.82 Å². The summed E-state index contributed by atoms with van der Waals surface area (Å²) in [6, 6.07) is 14.1. The van der Waals surface area contributed by atoms with Crippen LogP contribution in [-0.4, -0.2) is 9.97 Å². The molecule has 0 bridgehead atoms. The lowest BCUT2D eigenvalue weighted by Gasteiger charge is -2.07. The van der Waals surface area contributed by atoms with Crippen molar-refractivity contribution in [3.05, 3.63) is 66.5 Å². The molecule has 7 heteroatoms. The van der Waals surface area contributed by atoms with Gasteiger partial charge >= 0.3 is 6.18 Å². The van der Waals surface area contributed by atoms with Gasteiger partial charge in [0.25, 0.3) is 0 Å². The topological polar surface area (TPSA) is 40.7 Å². The Balaban J connectivity index is 1.64. The molecule has 0 atom stereocenters. The van der Waals surface area contributed by atoms with Crippen LogP contribution in [0.5, 0.6) is 0 Å². The molecular formula is C16H12F3N3S. The van der Waals surface area contributed by atoms with Crippen LogP contribution in [0.15, 0.2) is 65.8 Å². The van der Waals surface area contributed by atoms with Crippen molar-refractivity contribution in [1.82, 2.24) is 9.97 Å². The molecule has 0 saturated carbocycles. The van der Waals surface area contributed by atoms with Crippen molar-refractivity contribution < 1.29 is 13.2 Å². The molecule has 0 saturated heterocycles. The summed E-state index contributed by atoms with van der Waals surface area (Å²) in [6.45, 7) is 0. The van der Waals surface area contributed by atoms with Gasteiger partial charge < -0.3 is 9.71 Å². The van der Waals surface area contributed by atoms with E-state index in [0.717, 1.165) is 28.4 Å². The number of alkyl halides is 3. The van der Waals surface area contributed by atoms with Crippen LogP contribution in [0, 0.1) is 0 Å². The summed E-state index contributed by atoms with van der Waals surface area (Å²) >= 11 is 1.28. The Hall–Kier alpha value is -2.41. The Labute approximate surface area is 135 Å². The molecule has 2 heterocycles. The third kappa shape index (κ3) is 3.87. The molecule has 3 aromatic rings. The number of halogens is 3. The number of benzene rings is 1. The number of nitrogens with one attached hydrogen (secondary N) is 2. The van der Waals surface area contributed by atoms with Crippen LogP contribution in [0.25, 0.3) is 11.3 Å². The Morgan fingerprint density at radius 2 is 1.83 bits per heavy atom. The minimum atomic E-state index is -4.37. The third-order valence-corrected chi connectivity index (χ3v) is 3.89. The van der Waals surface area contributed by atoms with Crippen molar-refractivity contribution in [2.24, 2.45) is 0 Å². The SMILES string of the molecule is FC(F)(F)c1ccc(NSc2c[nH]c(-c3ccccc3)c2)nc1. The van der Waals surface area contributed by atoms with Gasteiger partial charge in [-0.05, 0) is 35.7 Å². The summed E-state index contributed by atoms with van der Waals surface area (Å²) in [6.07, 6.45) is -1.73.